The molecule has 4 aromatic carbocycles. The number of aryl methyl sites for hydroxylation is 1. The number of ether oxygens (including phenoxy) is 2. The Morgan fingerprint density at radius 2 is 1.29 bits per heavy atom. The van der Waals surface area contributed by atoms with Gasteiger partial charge in [0.15, 0.2) is 0 Å². The number of fused-ring (bicyclic) bond motifs is 4. The van der Waals surface area contributed by atoms with Crippen LogP contribution in [0.3, 0.4) is 0 Å². The van der Waals surface area contributed by atoms with Gasteiger partial charge in [0.1, 0.15) is 23.0 Å². The maximum atomic E-state index is 6.58. The predicted octanol–water partition coefficient (Wildman–Crippen LogP) is 6.69. The largest absolute Gasteiger partial charge is 0.456 e. The molecule has 2 aliphatic heterocycles. The predicted molar refractivity (Wildman–Crippen MR) is 139 cm³/mol. The maximum Gasteiger partial charge on any atom is 0.147 e. The minimum absolute atomic E-state index is 0.761. The summed E-state index contributed by atoms with van der Waals surface area (Å²) < 4.78 is 12.9. The number of pyridine rings is 1. The second-order valence-electron chi connectivity index (χ2n) is 8.53. The summed E-state index contributed by atoms with van der Waals surface area (Å²) in [5, 5.41) is 3.64. The third-order valence-corrected chi connectivity index (χ3v) is 8.96. The summed E-state index contributed by atoms with van der Waals surface area (Å²) in [5.41, 5.74) is 5.57. The van der Waals surface area contributed by atoms with Gasteiger partial charge in [-0.2, -0.15) is 0 Å². The number of hydrogen-bond donors (Lipinski definition) is 0. The van der Waals surface area contributed by atoms with E-state index in [4.69, 9.17) is 9.47 Å². The highest BCUT2D eigenvalue weighted by Gasteiger charge is 2.37. The zero-order chi connectivity index (χ0) is 22.6. The fourth-order valence-corrected chi connectivity index (χ4v) is 7.40. The molecule has 0 amide bonds. The molecule has 4 heteroatoms. The first kappa shape index (κ1) is 19.5. The Hall–Kier alpha value is -3.94. The van der Waals surface area contributed by atoms with E-state index >= 15 is 0 Å². The molecule has 0 bridgehead atoms. The van der Waals surface area contributed by atoms with Crippen LogP contribution in [0, 0.1) is 6.92 Å². The van der Waals surface area contributed by atoms with E-state index < -0.39 is 7.92 Å². The number of rotatable bonds is 2. The lowest BCUT2D eigenvalue weighted by atomic mass is 9.99. The van der Waals surface area contributed by atoms with E-state index in [1.54, 1.807) is 0 Å². The van der Waals surface area contributed by atoms with Crippen molar-refractivity contribution in [3.8, 4) is 45.3 Å². The standard InChI is InChI=1S/C30H20NO2P/c1-19-18-22(16-17-31-19)20-10-12-21(13-11-20)23-14-15-26-30-29(23)33-25-7-3-5-9-28(25)34(30)27-8-4-2-6-24(27)32-26/h2-18H,1H3. The van der Waals surface area contributed by atoms with Crippen LogP contribution in [0.15, 0.2) is 103 Å². The van der Waals surface area contributed by atoms with Gasteiger partial charge in [0.2, 0.25) is 0 Å². The maximum absolute atomic E-state index is 6.58. The molecule has 5 aromatic rings. The first-order valence-corrected chi connectivity index (χ1v) is 12.6. The summed E-state index contributed by atoms with van der Waals surface area (Å²) in [5.74, 6) is 3.67. The fourth-order valence-electron chi connectivity index (χ4n) is 4.80. The molecule has 3 nitrogen and oxygen atoms in total. The van der Waals surface area contributed by atoms with Crippen molar-refractivity contribution in [1.29, 1.82) is 0 Å². The molecule has 34 heavy (non-hydrogen) atoms. The molecule has 2 aliphatic rings. The molecule has 1 aromatic heterocycles. The van der Waals surface area contributed by atoms with Crippen LogP contribution >= 0.6 is 7.92 Å². The Bertz CT molecular complexity index is 1560. The summed E-state index contributed by atoms with van der Waals surface area (Å²) in [6.45, 7) is 2.02. The summed E-state index contributed by atoms with van der Waals surface area (Å²) in [4.78, 5) is 4.32. The van der Waals surface area contributed by atoms with Crippen molar-refractivity contribution in [1.82, 2.24) is 4.98 Å². The van der Waals surface area contributed by atoms with Crippen LogP contribution in [-0.2, 0) is 0 Å². The quantitative estimate of drug-likeness (QED) is 0.271. The summed E-state index contributed by atoms with van der Waals surface area (Å²) in [6.07, 6.45) is 1.86. The molecule has 1 atom stereocenters. The molecule has 0 spiro atoms. The van der Waals surface area contributed by atoms with E-state index in [0.717, 1.165) is 39.8 Å². The fraction of sp³-hybridized carbons (Fsp3) is 0.0333. The number of para-hydroxylation sites is 2. The van der Waals surface area contributed by atoms with Crippen LogP contribution in [0.2, 0.25) is 0 Å². The van der Waals surface area contributed by atoms with Gasteiger partial charge in [-0.25, -0.2) is 0 Å². The highest BCUT2D eigenvalue weighted by Crippen LogP contribution is 2.54. The minimum Gasteiger partial charge on any atom is -0.456 e. The topological polar surface area (TPSA) is 31.4 Å². The van der Waals surface area contributed by atoms with Crippen molar-refractivity contribution in [2.24, 2.45) is 0 Å². The van der Waals surface area contributed by atoms with Gasteiger partial charge in [-0.05, 0) is 60.0 Å². The number of benzene rings is 4. The summed E-state index contributed by atoms with van der Waals surface area (Å²) in [7, 11) is -0.761. The Morgan fingerprint density at radius 3 is 2.03 bits per heavy atom. The van der Waals surface area contributed by atoms with Crippen LogP contribution in [0.25, 0.3) is 22.3 Å². The second kappa shape index (κ2) is 7.55. The van der Waals surface area contributed by atoms with Gasteiger partial charge in [-0.1, -0.05) is 60.7 Å². The van der Waals surface area contributed by atoms with Crippen molar-refractivity contribution < 1.29 is 9.47 Å². The smallest absolute Gasteiger partial charge is 0.147 e. The van der Waals surface area contributed by atoms with Crippen LogP contribution in [-0.4, -0.2) is 4.98 Å². The number of aromatic nitrogens is 1. The van der Waals surface area contributed by atoms with Crippen LogP contribution in [0.1, 0.15) is 5.69 Å². The lowest BCUT2D eigenvalue weighted by Gasteiger charge is -2.35. The van der Waals surface area contributed by atoms with Gasteiger partial charge in [0, 0.05) is 36.0 Å². The van der Waals surface area contributed by atoms with Crippen molar-refractivity contribution in [3.63, 3.8) is 0 Å². The van der Waals surface area contributed by atoms with Gasteiger partial charge in [0.25, 0.3) is 0 Å². The van der Waals surface area contributed by atoms with Crippen molar-refractivity contribution >= 4 is 23.8 Å². The zero-order valence-corrected chi connectivity index (χ0v) is 19.4. The van der Waals surface area contributed by atoms with Gasteiger partial charge in [-0.15, -0.1) is 0 Å². The first-order chi connectivity index (χ1) is 16.8. The Balaban J connectivity index is 1.39. The molecule has 0 N–H and O–H groups in total. The molecular formula is C30H20NO2P. The first-order valence-electron chi connectivity index (χ1n) is 11.3. The molecule has 0 saturated carbocycles. The third kappa shape index (κ3) is 2.98. The average molecular weight is 457 g/mol. The zero-order valence-electron chi connectivity index (χ0n) is 18.5. The third-order valence-electron chi connectivity index (χ3n) is 6.39. The van der Waals surface area contributed by atoms with Crippen LogP contribution < -0.4 is 25.4 Å². The van der Waals surface area contributed by atoms with Gasteiger partial charge >= 0.3 is 0 Å². The van der Waals surface area contributed by atoms with E-state index in [1.807, 2.05) is 31.3 Å². The van der Waals surface area contributed by atoms with E-state index in [0.29, 0.717) is 0 Å². The Morgan fingerprint density at radius 1 is 0.618 bits per heavy atom. The monoisotopic (exact) mass is 457 g/mol. The summed E-state index contributed by atoms with van der Waals surface area (Å²) >= 11 is 0. The molecule has 0 radical (unpaired) electrons. The van der Waals surface area contributed by atoms with E-state index in [9.17, 15) is 0 Å². The SMILES string of the molecule is Cc1cc(-c2ccc(-c3ccc4c5c3Oc3ccccc3P5c3ccccc3O4)cc2)ccn1. The van der Waals surface area contributed by atoms with Gasteiger partial charge < -0.3 is 9.47 Å². The molecule has 1 unspecified atom stereocenters. The lowest BCUT2D eigenvalue weighted by Crippen LogP contribution is -2.32. The van der Waals surface area contributed by atoms with E-state index in [2.05, 4.69) is 83.8 Å². The molecule has 0 aliphatic carbocycles. The second-order valence-corrected chi connectivity index (χ2v) is 10.6. The molecule has 3 heterocycles. The van der Waals surface area contributed by atoms with Gasteiger partial charge in [0.05, 0.1) is 5.30 Å². The van der Waals surface area contributed by atoms with Gasteiger partial charge in [-0.3, -0.25) is 4.98 Å². The lowest BCUT2D eigenvalue weighted by molar-refractivity contribution is 0.467. The van der Waals surface area contributed by atoms with Crippen molar-refractivity contribution in [2.75, 3.05) is 0 Å². The molecule has 7 rings (SSSR count). The van der Waals surface area contributed by atoms with E-state index in [1.165, 1.54) is 27.0 Å². The van der Waals surface area contributed by atoms with Crippen molar-refractivity contribution in [3.05, 3.63) is 109 Å². The number of nitrogens with zero attached hydrogens (tertiary/aromatic N) is 1. The summed E-state index contributed by atoms with van der Waals surface area (Å²) in [6, 6.07) is 33.8. The van der Waals surface area contributed by atoms with Crippen LogP contribution in [0.5, 0.6) is 23.0 Å². The van der Waals surface area contributed by atoms with E-state index in [-0.39, 0.29) is 0 Å². The molecule has 162 valence electrons. The Labute approximate surface area is 199 Å². The highest BCUT2D eigenvalue weighted by atomic mass is 31.1. The normalized spacial score (nSPS) is 14.8. The highest BCUT2D eigenvalue weighted by molar-refractivity contribution is 7.80. The molecular weight excluding hydrogens is 437 g/mol. The number of hydrogen-bond acceptors (Lipinski definition) is 3. The van der Waals surface area contributed by atoms with Crippen molar-refractivity contribution in [2.45, 2.75) is 6.92 Å². The van der Waals surface area contributed by atoms with Crippen LogP contribution in [0.4, 0.5) is 0 Å². The molecule has 0 saturated heterocycles. The average Bonchev–Trinajstić information content (AvgIpc) is 2.89. The molecule has 0 fully saturated rings. The minimum atomic E-state index is -0.761. The Kier molecular flexibility index (Phi) is 4.33.